The molecule has 0 fully saturated rings. The molecule has 0 saturated carbocycles. The van der Waals surface area contributed by atoms with E-state index in [-0.39, 0.29) is 10.6 Å². The van der Waals surface area contributed by atoms with Crippen LogP contribution in [0.25, 0.3) is 11.1 Å². The maximum Gasteiger partial charge on any atom is 0.419 e. The second-order valence-corrected chi connectivity index (χ2v) is 6.40. The van der Waals surface area contributed by atoms with Gasteiger partial charge in [-0.25, -0.2) is 4.79 Å². The van der Waals surface area contributed by atoms with E-state index < -0.39 is 0 Å². The van der Waals surface area contributed by atoms with Crippen molar-refractivity contribution in [3.05, 3.63) is 68.6 Å². The van der Waals surface area contributed by atoms with Crippen molar-refractivity contribution in [2.75, 3.05) is 0 Å². The highest BCUT2D eigenvalue weighted by Crippen LogP contribution is 2.33. The standard InChI is InChI=1S/C15H11Br2NO2/c1-18-12-6-5-10(8-13(12)20-15(18)19)14(17)9-3-2-4-11(16)7-9/h2-8,14H,1H3. The predicted molar refractivity (Wildman–Crippen MR) is 86.4 cm³/mol. The zero-order valence-electron chi connectivity index (χ0n) is 10.6. The van der Waals surface area contributed by atoms with Gasteiger partial charge in [0.1, 0.15) is 0 Å². The Morgan fingerprint density at radius 1 is 1.15 bits per heavy atom. The smallest absolute Gasteiger partial charge is 0.408 e. The van der Waals surface area contributed by atoms with Gasteiger partial charge in [0.25, 0.3) is 0 Å². The minimum absolute atomic E-state index is 0.0508. The molecule has 3 nitrogen and oxygen atoms in total. The first-order valence-electron chi connectivity index (χ1n) is 6.05. The van der Waals surface area contributed by atoms with E-state index in [1.54, 1.807) is 7.05 Å². The molecule has 0 aliphatic heterocycles. The molecule has 3 rings (SSSR count). The van der Waals surface area contributed by atoms with Crippen LogP contribution in [0, 0.1) is 0 Å². The predicted octanol–water partition coefficient (Wildman–Crippen LogP) is 4.38. The summed E-state index contributed by atoms with van der Waals surface area (Å²) in [7, 11) is 1.70. The maximum absolute atomic E-state index is 11.5. The lowest BCUT2D eigenvalue weighted by Crippen LogP contribution is -2.08. The Morgan fingerprint density at radius 2 is 1.90 bits per heavy atom. The minimum atomic E-state index is -0.342. The van der Waals surface area contributed by atoms with Crippen LogP contribution in [-0.4, -0.2) is 4.57 Å². The van der Waals surface area contributed by atoms with Crippen molar-refractivity contribution in [3.8, 4) is 0 Å². The van der Waals surface area contributed by atoms with Gasteiger partial charge in [0.2, 0.25) is 0 Å². The molecule has 0 saturated heterocycles. The van der Waals surface area contributed by atoms with Crippen molar-refractivity contribution in [2.24, 2.45) is 7.05 Å². The second-order valence-electron chi connectivity index (χ2n) is 4.57. The normalized spacial score (nSPS) is 12.8. The number of aryl methyl sites for hydroxylation is 1. The SMILES string of the molecule is Cn1c(=O)oc2cc(C(Br)c3cccc(Br)c3)ccc21. The molecule has 2 aromatic carbocycles. The van der Waals surface area contributed by atoms with E-state index in [2.05, 4.69) is 44.0 Å². The Labute approximate surface area is 132 Å². The fraction of sp³-hybridized carbons (Fsp3) is 0.133. The quantitative estimate of drug-likeness (QED) is 0.602. The monoisotopic (exact) mass is 395 g/mol. The van der Waals surface area contributed by atoms with Gasteiger partial charge < -0.3 is 4.42 Å². The molecule has 0 radical (unpaired) electrons. The van der Waals surface area contributed by atoms with Crippen LogP contribution < -0.4 is 5.76 Å². The zero-order valence-corrected chi connectivity index (χ0v) is 13.8. The fourth-order valence-electron chi connectivity index (χ4n) is 2.16. The van der Waals surface area contributed by atoms with Crippen LogP contribution in [0.1, 0.15) is 16.0 Å². The average Bonchev–Trinajstić information content (AvgIpc) is 2.73. The lowest BCUT2D eigenvalue weighted by molar-refractivity contribution is 0.528. The van der Waals surface area contributed by atoms with E-state index in [1.807, 2.05) is 30.3 Å². The highest BCUT2D eigenvalue weighted by atomic mass is 79.9. The summed E-state index contributed by atoms with van der Waals surface area (Å²) in [5.41, 5.74) is 3.59. The van der Waals surface area contributed by atoms with Crippen molar-refractivity contribution >= 4 is 43.0 Å². The van der Waals surface area contributed by atoms with Crippen molar-refractivity contribution in [2.45, 2.75) is 4.83 Å². The number of halogens is 2. The number of fused-ring (bicyclic) bond motifs is 1. The first kappa shape index (κ1) is 13.6. The van der Waals surface area contributed by atoms with Crippen LogP contribution in [0.4, 0.5) is 0 Å². The van der Waals surface area contributed by atoms with E-state index in [0.29, 0.717) is 5.58 Å². The molecule has 0 bridgehead atoms. The molecule has 102 valence electrons. The third kappa shape index (κ3) is 2.36. The van der Waals surface area contributed by atoms with Crippen molar-refractivity contribution in [3.63, 3.8) is 0 Å². The van der Waals surface area contributed by atoms with Crippen molar-refractivity contribution in [1.29, 1.82) is 0 Å². The average molecular weight is 397 g/mol. The molecule has 1 atom stereocenters. The first-order chi connectivity index (χ1) is 9.56. The van der Waals surface area contributed by atoms with Gasteiger partial charge in [-0.3, -0.25) is 4.57 Å². The topological polar surface area (TPSA) is 35.1 Å². The summed E-state index contributed by atoms with van der Waals surface area (Å²) in [5, 5.41) is 0. The molecular weight excluding hydrogens is 386 g/mol. The first-order valence-corrected chi connectivity index (χ1v) is 7.76. The molecule has 20 heavy (non-hydrogen) atoms. The molecular formula is C15H11Br2NO2. The summed E-state index contributed by atoms with van der Waals surface area (Å²) in [6.45, 7) is 0. The zero-order chi connectivity index (χ0) is 14.3. The van der Waals surface area contributed by atoms with E-state index in [4.69, 9.17) is 4.42 Å². The summed E-state index contributed by atoms with van der Waals surface area (Å²) in [6, 6.07) is 13.9. The number of benzene rings is 2. The Kier molecular flexibility index (Phi) is 3.56. The molecule has 1 aromatic heterocycles. The van der Waals surface area contributed by atoms with E-state index in [9.17, 15) is 4.79 Å². The Balaban J connectivity index is 2.08. The highest BCUT2D eigenvalue weighted by Gasteiger charge is 2.13. The number of nitrogens with zero attached hydrogens (tertiary/aromatic N) is 1. The number of rotatable bonds is 2. The highest BCUT2D eigenvalue weighted by molar-refractivity contribution is 9.10. The second kappa shape index (κ2) is 5.22. The number of hydrogen-bond acceptors (Lipinski definition) is 2. The summed E-state index contributed by atoms with van der Waals surface area (Å²) in [4.78, 5) is 11.6. The lowest BCUT2D eigenvalue weighted by Gasteiger charge is -2.11. The van der Waals surface area contributed by atoms with Crippen LogP contribution in [0.5, 0.6) is 0 Å². The molecule has 3 aromatic rings. The molecule has 0 aliphatic rings. The largest absolute Gasteiger partial charge is 0.419 e. The Morgan fingerprint density at radius 3 is 2.65 bits per heavy atom. The summed E-state index contributed by atoms with van der Waals surface area (Å²) < 4.78 is 7.76. The number of hydrogen-bond donors (Lipinski definition) is 0. The van der Waals surface area contributed by atoms with Gasteiger partial charge in [-0.2, -0.15) is 0 Å². The van der Waals surface area contributed by atoms with Gasteiger partial charge in [-0.1, -0.05) is 50.1 Å². The third-order valence-electron chi connectivity index (χ3n) is 3.25. The number of oxazole rings is 1. The van der Waals surface area contributed by atoms with Crippen molar-refractivity contribution in [1.82, 2.24) is 4.57 Å². The van der Waals surface area contributed by atoms with Crippen LogP contribution >= 0.6 is 31.9 Å². The molecule has 0 aliphatic carbocycles. The molecule has 5 heteroatoms. The van der Waals surface area contributed by atoms with Crippen LogP contribution in [0.3, 0.4) is 0 Å². The lowest BCUT2D eigenvalue weighted by atomic mass is 10.0. The van der Waals surface area contributed by atoms with Gasteiger partial charge in [-0.15, -0.1) is 0 Å². The van der Waals surface area contributed by atoms with Gasteiger partial charge in [-0.05, 0) is 35.4 Å². The maximum atomic E-state index is 11.5. The van der Waals surface area contributed by atoms with Crippen LogP contribution in [0.2, 0.25) is 0 Å². The molecule has 1 unspecified atom stereocenters. The van der Waals surface area contributed by atoms with Crippen LogP contribution in [0.15, 0.2) is 56.1 Å². The third-order valence-corrected chi connectivity index (χ3v) is 4.80. The van der Waals surface area contributed by atoms with E-state index in [0.717, 1.165) is 21.1 Å². The van der Waals surface area contributed by atoms with Gasteiger partial charge in [0, 0.05) is 11.5 Å². The van der Waals surface area contributed by atoms with Crippen molar-refractivity contribution < 1.29 is 4.42 Å². The van der Waals surface area contributed by atoms with Gasteiger partial charge >= 0.3 is 5.76 Å². The molecule has 0 N–H and O–H groups in total. The molecule has 0 spiro atoms. The van der Waals surface area contributed by atoms with E-state index in [1.165, 1.54) is 4.57 Å². The number of aromatic nitrogens is 1. The molecule has 0 amide bonds. The minimum Gasteiger partial charge on any atom is -0.408 e. The van der Waals surface area contributed by atoms with E-state index >= 15 is 0 Å². The summed E-state index contributed by atoms with van der Waals surface area (Å²) >= 11 is 7.16. The summed E-state index contributed by atoms with van der Waals surface area (Å²) in [6.07, 6.45) is 0. The van der Waals surface area contributed by atoms with Gasteiger partial charge in [0.15, 0.2) is 5.58 Å². The fourth-order valence-corrected chi connectivity index (χ4v) is 3.15. The molecule has 1 heterocycles. The van der Waals surface area contributed by atoms with Gasteiger partial charge in [0.05, 0.1) is 10.3 Å². The Hall–Kier alpha value is -1.33. The summed E-state index contributed by atoms with van der Waals surface area (Å²) in [5.74, 6) is -0.342. The number of alkyl halides is 1. The van der Waals surface area contributed by atoms with Crippen LogP contribution in [-0.2, 0) is 7.05 Å². The Bertz CT molecular complexity index is 835.